The van der Waals surface area contributed by atoms with E-state index in [0.717, 1.165) is 6.07 Å². The number of aryl methyl sites for hydroxylation is 2. The lowest BCUT2D eigenvalue weighted by atomic mass is 10.1. The zero-order valence-electron chi connectivity index (χ0n) is 17.7. The van der Waals surface area contributed by atoms with E-state index < -0.39 is 21.7 Å². The van der Waals surface area contributed by atoms with Gasteiger partial charge in [-0.15, -0.1) is 0 Å². The summed E-state index contributed by atoms with van der Waals surface area (Å²) in [6, 6.07) is 5.69. The van der Waals surface area contributed by atoms with Crippen molar-refractivity contribution < 1.29 is 21.9 Å². The molecule has 0 spiro atoms. The highest BCUT2D eigenvalue weighted by Crippen LogP contribution is 2.30. The largest absolute Gasteiger partial charge is 0.421 e. The van der Waals surface area contributed by atoms with Crippen LogP contribution in [0, 0.1) is 11.6 Å². The topological polar surface area (TPSA) is 103 Å². The van der Waals surface area contributed by atoms with Crippen molar-refractivity contribution in [1.29, 1.82) is 0 Å². The molecule has 2 heterocycles. The van der Waals surface area contributed by atoms with Gasteiger partial charge in [-0.25, -0.2) is 17.2 Å². The summed E-state index contributed by atoms with van der Waals surface area (Å²) >= 11 is 0. The number of aromatic nitrogens is 3. The molecule has 170 valence electrons. The van der Waals surface area contributed by atoms with Gasteiger partial charge in [0.2, 0.25) is 15.6 Å². The van der Waals surface area contributed by atoms with Crippen LogP contribution in [0.1, 0.15) is 25.8 Å². The van der Waals surface area contributed by atoms with Gasteiger partial charge >= 0.3 is 6.01 Å². The standard InChI is InChI=1S/C21H22F2N4O4S/c1-4-8-32(29,30)26-18-11-17(14-6-7-19(28)27(3)12-14)24-21(25-18)31-20-13(5-2)9-15(22)10-16(20)23/h6-7,9-12H,4-5,8H2,1-3H3,(H,24,25,26). The second-order valence-corrected chi connectivity index (χ2v) is 8.88. The highest BCUT2D eigenvalue weighted by Gasteiger charge is 2.18. The normalized spacial score (nSPS) is 11.4. The number of hydrogen-bond donors (Lipinski definition) is 1. The third kappa shape index (κ3) is 5.47. The zero-order chi connectivity index (χ0) is 23.5. The van der Waals surface area contributed by atoms with E-state index in [4.69, 9.17) is 4.74 Å². The Hall–Kier alpha value is -3.34. The van der Waals surface area contributed by atoms with Gasteiger partial charge in [-0.05, 0) is 25.0 Å². The maximum atomic E-state index is 14.4. The summed E-state index contributed by atoms with van der Waals surface area (Å²) < 4.78 is 61.7. The molecule has 0 aliphatic rings. The first-order chi connectivity index (χ1) is 15.1. The number of rotatable bonds is 8. The summed E-state index contributed by atoms with van der Waals surface area (Å²) in [6.07, 6.45) is 2.17. The number of halogens is 2. The maximum absolute atomic E-state index is 14.4. The Labute approximate surface area is 184 Å². The number of ether oxygens (including phenoxy) is 1. The molecule has 0 radical (unpaired) electrons. The van der Waals surface area contributed by atoms with Crippen molar-refractivity contribution in [3.63, 3.8) is 0 Å². The third-order valence-electron chi connectivity index (χ3n) is 4.48. The first-order valence-electron chi connectivity index (χ1n) is 9.84. The molecular weight excluding hydrogens is 442 g/mol. The molecule has 2 aromatic heterocycles. The van der Waals surface area contributed by atoms with Crippen molar-refractivity contribution in [2.24, 2.45) is 7.05 Å². The average molecular weight is 464 g/mol. The molecule has 0 unspecified atom stereocenters. The first kappa shape index (κ1) is 23.3. The molecule has 0 saturated heterocycles. The number of benzene rings is 1. The van der Waals surface area contributed by atoms with Crippen LogP contribution in [-0.2, 0) is 23.5 Å². The van der Waals surface area contributed by atoms with Crippen LogP contribution in [0.3, 0.4) is 0 Å². The Balaban J connectivity index is 2.12. The van der Waals surface area contributed by atoms with Crippen LogP contribution in [0.5, 0.6) is 11.8 Å². The van der Waals surface area contributed by atoms with Crippen molar-refractivity contribution >= 4 is 15.8 Å². The average Bonchev–Trinajstić information content (AvgIpc) is 2.71. The molecule has 0 aliphatic carbocycles. The lowest BCUT2D eigenvalue weighted by Crippen LogP contribution is -2.17. The van der Waals surface area contributed by atoms with Gasteiger partial charge in [0.1, 0.15) is 11.6 Å². The number of hydrogen-bond acceptors (Lipinski definition) is 6. The zero-order valence-corrected chi connectivity index (χ0v) is 18.5. The molecule has 0 atom stereocenters. The van der Waals surface area contributed by atoms with E-state index in [9.17, 15) is 22.0 Å². The van der Waals surface area contributed by atoms with Crippen LogP contribution in [0.15, 0.2) is 41.3 Å². The van der Waals surface area contributed by atoms with E-state index in [2.05, 4.69) is 14.7 Å². The Morgan fingerprint density at radius 1 is 1.12 bits per heavy atom. The van der Waals surface area contributed by atoms with Gasteiger partial charge in [0, 0.05) is 42.6 Å². The molecule has 0 amide bonds. The summed E-state index contributed by atoms with van der Waals surface area (Å²) in [4.78, 5) is 20.0. The summed E-state index contributed by atoms with van der Waals surface area (Å²) in [5, 5.41) is 0. The SMILES string of the molecule is CCCS(=O)(=O)Nc1cc(-c2ccc(=O)n(C)c2)nc(Oc2c(F)cc(F)cc2CC)n1. The summed E-state index contributed by atoms with van der Waals surface area (Å²) in [6.45, 7) is 3.42. The van der Waals surface area contributed by atoms with Crippen molar-refractivity contribution in [3.8, 4) is 23.0 Å². The lowest BCUT2D eigenvalue weighted by Gasteiger charge is -2.13. The van der Waals surface area contributed by atoms with E-state index in [0.29, 0.717) is 18.1 Å². The Bertz CT molecular complexity index is 1310. The van der Waals surface area contributed by atoms with Crippen LogP contribution in [-0.4, -0.2) is 28.7 Å². The van der Waals surface area contributed by atoms with Crippen molar-refractivity contribution in [3.05, 3.63) is 64.1 Å². The second kappa shape index (κ2) is 9.43. The highest BCUT2D eigenvalue weighted by atomic mass is 32.2. The number of pyridine rings is 1. The molecule has 1 N–H and O–H groups in total. The Morgan fingerprint density at radius 2 is 1.88 bits per heavy atom. The van der Waals surface area contributed by atoms with Crippen molar-refractivity contribution in [1.82, 2.24) is 14.5 Å². The van der Waals surface area contributed by atoms with E-state index in [-0.39, 0.29) is 46.6 Å². The third-order valence-corrected chi connectivity index (χ3v) is 5.95. The smallest absolute Gasteiger partial charge is 0.324 e. The van der Waals surface area contributed by atoms with Gasteiger partial charge in [-0.2, -0.15) is 9.97 Å². The molecule has 3 rings (SSSR count). The predicted molar refractivity (Wildman–Crippen MR) is 116 cm³/mol. The fourth-order valence-corrected chi connectivity index (χ4v) is 4.04. The number of sulfonamides is 1. The van der Waals surface area contributed by atoms with Gasteiger partial charge in [0.15, 0.2) is 11.6 Å². The lowest BCUT2D eigenvalue weighted by molar-refractivity contribution is 0.404. The van der Waals surface area contributed by atoms with Gasteiger partial charge < -0.3 is 9.30 Å². The van der Waals surface area contributed by atoms with E-state index in [1.54, 1.807) is 20.9 Å². The highest BCUT2D eigenvalue weighted by molar-refractivity contribution is 7.92. The molecule has 1 aromatic carbocycles. The van der Waals surface area contributed by atoms with Gasteiger partial charge in [-0.3, -0.25) is 9.52 Å². The first-order valence-corrected chi connectivity index (χ1v) is 11.5. The molecule has 0 bridgehead atoms. The number of nitrogens with zero attached hydrogens (tertiary/aromatic N) is 3. The van der Waals surface area contributed by atoms with Crippen molar-refractivity contribution in [2.75, 3.05) is 10.5 Å². The molecule has 11 heteroatoms. The summed E-state index contributed by atoms with van der Waals surface area (Å²) in [7, 11) is -2.14. The van der Waals surface area contributed by atoms with Crippen LogP contribution in [0.2, 0.25) is 0 Å². The second-order valence-electron chi connectivity index (χ2n) is 7.04. The molecule has 3 aromatic rings. The molecule has 0 fully saturated rings. The minimum absolute atomic E-state index is 0.0899. The molecule has 8 nitrogen and oxygen atoms in total. The van der Waals surface area contributed by atoms with Gasteiger partial charge in [0.05, 0.1) is 11.4 Å². The molecule has 0 saturated carbocycles. The summed E-state index contributed by atoms with van der Waals surface area (Å²) in [5.41, 5.74) is 0.724. The fraction of sp³-hybridized carbons (Fsp3) is 0.286. The van der Waals surface area contributed by atoms with Gasteiger partial charge in [0.25, 0.3) is 0 Å². The Morgan fingerprint density at radius 3 is 2.53 bits per heavy atom. The molecule has 32 heavy (non-hydrogen) atoms. The van der Waals surface area contributed by atoms with E-state index >= 15 is 0 Å². The van der Waals surface area contributed by atoms with Crippen LogP contribution in [0.25, 0.3) is 11.3 Å². The molecular formula is C21H22F2N4O4S. The van der Waals surface area contributed by atoms with Crippen LogP contribution in [0.4, 0.5) is 14.6 Å². The Kier molecular flexibility index (Phi) is 6.87. The minimum Gasteiger partial charge on any atom is -0.421 e. The molecule has 0 aliphatic heterocycles. The fourth-order valence-electron chi connectivity index (χ4n) is 2.98. The summed E-state index contributed by atoms with van der Waals surface area (Å²) in [5.74, 6) is -2.16. The number of anilines is 1. The predicted octanol–water partition coefficient (Wildman–Crippen LogP) is 3.63. The van der Waals surface area contributed by atoms with Crippen LogP contribution >= 0.6 is 0 Å². The minimum atomic E-state index is -3.69. The van der Waals surface area contributed by atoms with E-state index in [1.807, 2.05) is 0 Å². The van der Waals surface area contributed by atoms with Gasteiger partial charge in [-0.1, -0.05) is 13.8 Å². The maximum Gasteiger partial charge on any atom is 0.324 e. The van der Waals surface area contributed by atoms with Crippen molar-refractivity contribution in [2.45, 2.75) is 26.7 Å². The van der Waals surface area contributed by atoms with Crippen LogP contribution < -0.4 is 15.0 Å². The number of nitrogens with one attached hydrogen (secondary N) is 1. The monoisotopic (exact) mass is 464 g/mol. The quantitative estimate of drug-likeness (QED) is 0.546. The van der Waals surface area contributed by atoms with E-state index in [1.165, 1.54) is 29.0 Å².